The third kappa shape index (κ3) is 3.62. The van der Waals surface area contributed by atoms with Gasteiger partial charge in [0.05, 0.1) is 5.92 Å². The lowest BCUT2D eigenvalue weighted by Gasteiger charge is -2.34. The molecule has 1 atom stereocenters. The van der Waals surface area contributed by atoms with E-state index in [-0.39, 0.29) is 23.6 Å². The number of hydrogen-bond donors (Lipinski definition) is 1. The molecule has 138 valence electrons. The summed E-state index contributed by atoms with van der Waals surface area (Å²) >= 11 is 0. The second kappa shape index (κ2) is 7.53. The number of halogens is 1. The predicted octanol–water partition coefficient (Wildman–Crippen LogP) is 2.58. The minimum Gasteiger partial charge on any atom is -0.342 e. The van der Waals surface area contributed by atoms with Crippen molar-refractivity contribution in [3.63, 3.8) is 0 Å². The minimum atomic E-state index is -0.295. The van der Waals surface area contributed by atoms with E-state index in [1.54, 1.807) is 12.1 Å². The van der Waals surface area contributed by atoms with Crippen molar-refractivity contribution in [2.45, 2.75) is 31.6 Å². The molecular formula is C19H23FN4O2. The molecule has 26 heavy (non-hydrogen) atoms. The first-order valence-electron chi connectivity index (χ1n) is 9.30. The van der Waals surface area contributed by atoms with E-state index in [1.807, 2.05) is 4.90 Å². The maximum absolute atomic E-state index is 13.1. The molecule has 1 unspecified atom stereocenters. The van der Waals surface area contributed by atoms with Gasteiger partial charge in [0.15, 0.2) is 0 Å². The third-order valence-electron chi connectivity index (χ3n) is 5.31. The van der Waals surface area contributed by atoms with Crippen LogP contribution >= 0.6 is 0 Å². The lowest BCUT2D eigenvalue weighted by Crippen LogP contribution is -2.45. The van der Waals surface area contributed by atoms with Crippen LogP contribution in [0.3, 0.4) is 0 Å². The zero-order chi connectivity index (χ0) is 17.9. The van der Waals surface area contributed by atoms with Gasteiger partial charge < -0.3 is 14.7 Å². The highest BCUT2D eigenvalue weighted by Crippen LogP contribution is 2.29. The quantitative estimate of drug-likeness (QED) is 0.913. The van der Waals surface area contributed by atoms with Gasteiger partial charge in [0.2, 0.25) is 17.6 Å². The topological polar surface area (TPSA) is 71.3 Å². The maximum Gasteiger partial charge on any atom is 0.231 e. The zero-order valence-electron chi connectivity index (χ0n) is 14.7. The Morgan fingerprint density at radius 2 is 1.96 bits per heavy atom. The first-order valence-corrected chi connectivity index (χ1v) is 9.30. The van der Waals surface area contributed by atoms with Crippen molar-refractivity contribution in [1.29, 1.82) is 0 Å². The van der Waals surface area contributed by atoms with Gasteiger partial charge in [-0.25, -0.2) is 4.39 Å². The summed E-state index contributed by atoms with van der Waals surface area (Å²) in [5.74, 6) is 1.18. The molecule has 3 heterocycles. The van der Waals surface area contributed by atoms with Crippen LogP contribution in [0, 0.1) is 11.7 Å². The lowest BCUT2D eigenvalue weighted by atomic mass is 9.93. The van der Waals surface area contributed by atoms with Crippen LogP contribution in [0.15, 0.2) is 28.8 Å². The van der Waals surface area contributed by atoms with Gasteiger partial charge >= 0.3 is 0 Å². The van der Waals surface area contributed by atoms with Gasteiger partial charge in [-0.1, -0.05) is 5.16 Å². The van der Waals surface area contributed by atoms with Gasteiger partial charge in [-0.15, -0.1) is 0 Å². The van der Waals surface area contributed by atoms with E-state index in [9.17, 15) is 9.18 Å². The summed E-state index contributed by atoms with van der Waals surface area (Å²) in [6, 6.07) is 6.03. The maximum atomic E-state index is 13.1. The number of benzene rings is 1. The Morgan fingerprint density at radius 1 is 1.19 bits per heavy atom. The number of amides is 1. The smallest absolute Gasteiger partial charge is 0.231 e. The molecule has 2 aromatic rings. The number of nitrogens with one attached hydrogen (secondary N) is 1. The summed E-state index contributed by atoms with van der Waals surface area (Å²) in [5.41, 5.74) is 0.722. The van der Waals surface area contributed by atoms with Crippen molar-refractivity contribution in [1.82, 2.24) is 20.4 Å². The van der Waals surface area contributed by atoms with Crippen molar-refractivity contribution in [2.75, 3.05) is 26.2 Å². The third-order valence-corrected chi connectivity index (χ3v) is 5.31. The van der Waals surface area contributed by atoms with Gasteiger partial charge in [-0.3, -0.25) is 4.79 Å². The molecule has 2 aliphatic heterocycles. The Hall–Kier alpha value is -2.28. The van der Waals surface area contributed by atoms with Gasteiger partial charge in [-0.2, -0.15) is 4.98 Å². The van der Waals surface area contributed by atoms with Gasteiger partial charge in [-0.05, 0) is 63.0 Å². The Kier molecular flexibility index (Phi) is 4.97. The molecule has 7 heteroatoms. The van der Waals surface area contributed by atoms with Gasteiger partial charge in [0, 0.05) is 24.6 Å². The molecule has 6 nitrogen and oxygen atoms in total. The van der Waals surface area contributed by atoms with Crippen molar-refractivity contribution in [2.24, 2.45) is 5.92 Å². The molecule has 0 bridgehead atoms. The number of nitrogens with zero attached hydrogens (tertiary/aromatic N) is 3. The fourth-order valence-corrected chi connectivity index (χ4v) is 3.82. The number of piperidine rings is 2. The summed E-state index contributed by atoms with van der Waals surface area (Å²) in [6.45, 7) is 3.27. The van der Waals surface area contributed by atoms with Gasteiger partial charge in [0.25, 0.3) is 0 Å². The summed E-state index contributed by atoms with van der Waals surface area (Å²) in [4.78, 5) is 19.2. The molecule has 2 aliphatic rings. The molecule has 0 saturated carbocycles. The molecule has 0 radical (unpaired) electrons. The van der Waals surface area contributed by atoms with Crippen LogP contribution in [0.25, 0.3) is 11.4 Å². The average molecular weight is 358 g/mol. The number of hydrogen-bond acceptors (Lipinski definition) is 5. The second-order valence-corrected chi connectivity index (χ2v) is 7.11. The number of carbonyl (C=O) groups is 1. The Morgan fingerprint density at radius 3 is 2.73 bits per heavy atom. The van der Waals surface area contributed by atoms with Crippen LogP contribution in [-0.2, 0) is 4.79 Å². The molecule has 1 N–H and O–H groups in total. The summed E-state index contributed by atoms with van der Waals surface area (Å²) < 4.78 is 18.5. The van der Waals surface area contributed by atoms with Gasteiger partial charge in [0.1, 0.15) is 5.82 Å². The van der Waals surface area contributed by atoms with Crippen molar-refractivity contribution < 1.29 is 13.7 Å². The molecule has 2 saturated heterocycles. The van der Waals surface area contributed by atoms with Crippen LogP contribution in [0.2, 0.25) is 0 Å². The minimum absolute atomic E-state index is 0.0658. The molecule has 4 rings (SSSR count). The molecular weight excluding hydrogens is 335 g/mol. The molecule has 2 fully saturated rings. The molecule has 0 aliphatic carbocycles. The lowest BCUT2D eigenvalue weighted by molar-refractivity contribution is -0.137. The van der Waals surface area contributed by atoms with Crippen LogP contribution in [-0.4, -0.2) is 47.1 Å². The highest BCUT2D eigenvalue weighted by atomic mass is 19.1. The normalized spacial score (nSPS) is 21.7. The zero-order valence-corrected chi connectivity index (χ0v) is 14.7. The summed E-state index contributed by atoms with van der Waals surface area (Å²) in [7, 11) is 0. The predicted molar refractivity (Wildman–Crippen MR) is 93.8 cm³/mol. The first-order chi connectivity index (χ1) is 12.7. The number of likely N-dealkylation sites (tertiary alicyclic amines) is 1. The van der Waals surface area contributed by atoms with E-state index in [4.69, 9.17) is 4.52 Å². The number of carbonyl (C=O) groups excluding carboxylic acids is 1. The monoisotopic (exact) mass is 358 g/mol. The van der Waals surface area contributed by atoms with Crippen molar-refractivity contribution >= 4 is 5.91 Å². The van der Waals surface area contributed by atoms with E-state index in [0.717, 1.165) is 50.9 Å². The standard InChI is InChI=1S/C19H23FN4O2/c20-16-5-3-13(4-6-16)17-22-18(26-23-17)15-2-1-11-24(12-15)19(25)14-7-9-21-10-8-14/h3-6,14-15,21H,1-2,7-12H2. The van der Waals surface area contributed by atoms with E-state index in [0.29, 0.717) is 18.3 Å². The molecule has 1 aromatic heterocycles. The van der Waals surface area contributed by atoms with Crippen molar-refractivity contribution in [3.05, 3.63) is 36.0 Å². The highest BCUT2D eigenvalue weighted by molar-refractivity contribution is 5.79. The fraction of sp³-hybridized carbons (Fsp3) is 0.526. The first kappa shape index (κ1) is 17.1. The molecule has 0 spiro atoms. The number of rotatable bonds is 3. The SMILES string of the molecule is O=C(C1CCNCC1)N1CCCC(c2nc(-c3ccc(F)cc3)no2)C1. The highest BCUT2D eigenvalue weighted by Gasteiger charge is 2.32. The number of aromatic nitrogens is 2. The van der Waals surface area contributed by atoms with Crippen molar-refractivity contribution in [3.8, 4) is 11.4 Å². The van der Waals surface area contributed by atoms with Crippen LogP contribution < -0.4 is 5.32 Å². The van der Waals surface area contributed by atoms with Crippen LogP contribution in [0.5, 0.6) is 0 Å². The van der Waals surface area contributed by atoms with E-state index in [2.05, 4.69) is 15.5 Å². The fourth-order valence-electron chi connectivity index (χ4n) is 3.82. The van der Waals surface area contributed by atoms with E-state index >= 15 is 0 Å². The van der Waals surface area contributed by atoms with Crippen LogP contribution in [0.1, 0.15) is 37.5 Å². The Balaban J connectivity index is 1.44. The average Bonchev–Trinajstić information content (AvgIpc) is 3.19. The summed E-state index contributed by atoms with van der Waals surface area (Å²) in [5, 5.41) is 7.33. The van der Waals surface area contributed by atoms with Crippen LogP contribution in [0.4, 0.5) is 4.39 Å². The Bertz CT molecular complexity index is 755. The summed E-state index contributed by atoms with van der Waals surface area (Å²) in [6.07, 6.45) is 3.70. The largest absolute Gasteiger partial charge is 0.342 e. The van der Waals surface area contributed by atoms with E-state index in [1.165, 1.54) is 12.1 Å². The second-order valence-electron chi connectivity index (χ2n) is 7.11. The molecule has 1 aromatic carbocycles. The Labute approximate surface area is 151 Å². The molecule has 1 amide bonds. The van der Waals surface area contributed by atoms with E-state index < -0.39 is 0 Å².